The quantitative estimate of drug-likeness (QED) is 0.730. The standard InChI is InChI=1S/C8H10ClFO2/c1-8(2)4(3-5(9)10)6(8)7(11)12/h3-4,6H,1-2H3,(H,11,12)/t4-,6-/m0/s1. The number of rotatable bonds is 2. The summed E-state index contributed by atoms with van der Waals surface area (Å²) < 4.78 is 12.2. The summed E-state index contributed by atoms with van der Waals surface area (Å²) in [6.45, 7) is 3.57. The van der Waals surface area contributed by atoms with Gasteiger partial charge in [0.15, 0.2) is 5.29 Å². The molecule has 1 aliphatic rings. The van der Waals surface area contributed by atoms with Gasteiger partial charge in [-0.2, -0.15) is 4.39 Å². The molecule has 0 amide bonds. The molecule has 1 fully saturated rings. The first-order valence-corrected chi connectivity index (χ1v) is 4.01. The van der Waals surface area contributed by atoms with E-state index in [4.69, 9.17) is 16.7 Å². The first-order chi connectivity index (χ1) is 5.37. The van der Waals surface area contributed by atoms with E-state index in [9.17, 15) is 9.18 Å². The zero-order chi connectivity index (χ0) is 9.52. The number of carbonyl (C=O) groups is 1. The molecule has 0 aliphatic heterocycles. The maximum absolute atomic E-state index is 12.2. The Labute approximate surface area is 75.0 Å². The smallest absolute Gasteiger partial charge is 0.307 e. The Bertz CT molecular complexity index is 243. The van der Waals surface area contributed by atoms with Crippen molar-refractivity contribution in [1.82, 2.24) is 0 Å². The lowest BCUT2D eigenvalue weighted by molar-refractivity contribution is -0.139. The number of allylic oxidation sites excluding steroid dienone is 1. The van der Waals surface area contributed by atoms with Crippen LogP contribution in [0.3, 0.4) is 0 Å². The molecular formula is C8H10ClFO2. The lowest BCUT2D eigenvalue weighted by atomic mass is 10.1. The number of halogens is 2. The second-order valence-electron chi connectivity index (χ2n) is 3.62. The molecule has 0 radical (unpaired) electrons. The van der Waals surface area contributed by atoms with Crippen molar-refractivity contribution < 1.29 is 14.3 Å². The van der Waals surface area contributed by atoms with Crippen molar-refractivity contribution in [2.24, 2.45) is 17.3 Å². The molecule has 0 saturated heterocycles. The molecule has 0 aromatic carbocycles. The SMILES string of the molecule is CC1(C)[C@H](C(=O)O)[C@@H]1C=C(F)Cl. The number of carboxylic acid groups (broad SMARTS) is 1. The van der Waals surface area contributed by atoms with Crippen LogP contribution in [0.4, 0.5) is 4.39 Å². The summed E-state index contributed by atoms with van der Waals surface area (Å²) in [7, 11) is 0. The van der Waals surface area contributed by atoms with Gasteiger partial charge in [-0.1, -0.05) is 25.4 Å². The van der Waals surface area contributed by atoms with E-state index in [1.54, 1.807) is 13.8 Å². The molecule has 0 unspecified atom stereocenters. The topological polar surface area (TPSA) is 37.3 Å². The van der Waals surface area contributed by atoms with Crippen molar-refractivity contribution in [3.05, 3.63) is 11.4 Å². The van der Waals surface area contributed by atoms with Crippen LogP contribution in [0.1, 0.15) is 13.8 Å². The van der Waals surface area contributed by atoms with Crippen LogP contribution in [0, 0.1) is 17.3 Å². The van der Waals surface area contributed by atoms with Gasteiger partial charge in [-0.05, 0) is 11.5 Å². The molecule has 0 spiro atoms. The van der Waals surface area contributed by atoms with Gasteiger partial charge < -0.3 is 5.11 Å². The fourth-order valence-corrected chi connectivity index (χ4v) is 1.73. The molecule has 1 N–H and O–H groups in total. The van der Waals surface area contributed by atoms with Crippen molar-refractivity contribution in [3.8, 4) is 0 Å². The van der Waals surface area contributed by atoms with Gasteiger partial charge in [-0.3, -0.25) is 4.79 Å². The zero-order valence-corrected chi connectivity index (χ0v) is 7.60. The summed E-state index contributed by atoms with van der Waals surface area (Å²) in [6.07, 6.45) is 1.17. The van der Waals surface area contributed by atoms with E-state index in [1.807, 2.05) is 0 Å². The van der Waals surface area contributed by atoms with Crippen LogP contribution >= 0.6 is 11.6 Å². The highest BCUT2D eigenvalue weighted by molar-refractivity contribution is 6.28. The predicted molar refractivity (Wildman–Crippen MR) is 43.4 cm³/mol. The third-order valence-corrected chi connectivity index (χ3v) is 2.61. The molecule has 1 rings (SSSR count). The number of hydrogen-bond donors (Lipinski definition) is 1. The van der Waals surface area contributed by atoms with E-state index in [0.29, 0.717) is 0 Å². The molecule has 68 valence electrons. The fraction of sp³-hybridized carbons (Fsp3) is 0.625. The van der Waals surface area contributed by atoms with E-state index >= 15 is 0 Å². The number of aliphatic carboxylic acids is 1. The van der Waals surface area contributed by atoms with Crippen molar-refractivity contribution >= 4 is 17.6 Å². The maximum atomic E-state index is 12.2. The van der Waals surface area contributed by atoms with E-state index in [2.05, 4.69) is 0 Å². The molecule has 0 aromatic heterocycles. The van der Waals surface area contributed by atoms with Crippen LogP contribution in [-0.4, -0.2) is 11.1 Å². The largest absolute Gasteiger partial charge is 0.481 e. The van der Waals surface area contributed by atoms with Gasteiger partial charge in [0.1, 0.15) is 0 Å². The van der Waals surface area contributed by atoms with Crippen LogP contribution in [0.2, 0.25) is 0 Å². The summed E-state index contributed by atoms with van der Waals surface area (Å²) in [5.41, 5.74) is -0.363. The van der Waals surface area contributed by atoms with Gasteiger partial charge in [-0.25, -0.2) is 0 Å². The van der Waals surface area contributed by atoms with Crippen LogP contribution in [0.15, 0.2) is 11.4 Å². The number of hydrogen-bond acceptors (Lipinski definition) is 1. The molecule has 1 aliphatic carbocycles. The molecule has 4 heteroatoms. The van der Waals surface area contributed by atoms with E-state index in [1.165, 1.54) is 6.08 Å². The summed E-state index contributed by atoms with van der Waals surface area (Å²) in [4.78, 5) is 10.6. The van der Waals surface area contributed by atoms with Gasteiger partial charge in [0.05, 0.1) is 5.92 Å². The van der Waals surface area contributed by atoms with Crippen molar-refractivity contribution in [2.75, 3.05) is 0 Å². The van der Waals surface area contributed by atoms with Crippen LogP contribution in [0.25, 0.3) is 0 Å². The molecule has 2 nitrogen and oxygen atoms in total. The fourth-order valence-electron chi connectivity index (χ4n) is 1.60. The molecule has 1 saturated carbocycles. The second-order valence-corrected chi connectivity index (χ2v) is 3.98. The first kappa shape index (κ1) is 9.52. The molecular weight excluding hydrogens is 183 g/mol. The van der Waals surface area contributed by atoms with Gasteiger partial charge in [0.2, 0.25) is 0 Å². The minimum absolute atomic E-state index is 0.271. The normalized spacial score (nSPS) is 33.2. The Morgan fingerprint density at radius 2 is 2.17 bits per heavy atom. The lowest BCUT2D eigenvalue weighted by Crippen LogP contribution is -2.02. The van der Waals surface area contributed by atoms with Crippen molar-refractivity contribution in [2.45, 2.75) is 13.8 Å². The van der Waals surface area contributed by atoms with Gasteiger partial charge in [-0.15, -0.1) is 0 Å². The average Bonchev–Trinajstić information content (AvgIpc) is 2.32. The van der Waals surface area contributed by atoms with Crippen LogP contribution in [0.5, 0.6) is 0 Å². The summed E-state index contributed by atoms with van der Waals surface area (Å²) in [6, 6.07) is 0. The Balaban J connectivity index is 2.73. The van der Waals surface area contributed by atoms with Crippen LogP contribution in [-0.2, 0) is 4.79 Å². The number of carboxylic acids is 1. The summed E-state index contributed by atoms with van der Waals surface area (Å²) in [5, 5.41) is 7.86. The Morgan fingerprint density at radius 3 is 2.42 bits per heavy atom. The maximum Gasteiger partial charge on any atom is 0.307 e. The summed E-state index contributed by atoms with van der Waals surface area (Å²) >= 11 is 5.01. The monoisotopic (exact) mass is 192 g/mol. The lowest BCUT2D eigenvalue weighted by Gasteiger charge is -1.95. The van der Waals surface area contributed by atoms with Gasteiger partial charge >= 0.3 is 5.97 Å². The Morgan fingerprint density at radius 1 is 1.67 bits per heavy atom. The Kier molecular flexibility index (Phi) is 2.17. The minimum atomic E-state index is -0.890. The highest BCUT2D eigenvalue weighted by atomic mass is 35.5. The summed E-state index contributed by atoms with van der Waals surface area (Å²) in [5.74, 6) is -1.66. The van der Waals surface area contributed by atoms with E-state index in [-0.39, 0.29) is 11.3 Å². The Hall–Kier alpha value is -0.570. The molecule has 0 bridgehead atoms. The van der Waals surface area contributed by atoms with Crippen molar-refractivity contribution in [3.63, 3.8) is 0 Å². The van der Waals surface area contributed by atoms with Crippen molar-refractivity contribution in [1.29, 1.82) is 0 Å². The molecule has 2 atom stereocenters. The second kappa shape index (κ2) is 2.73. The van der Waals surface area contributed by atoms with Gasteiger partial charge in [0.25, 0.3) is 0 Å². The van der Waals surface area contributed by atoms with Crippen LogP contribution < -0.4 is 0 Å². The van der Waals surface area contributed by atoms with E-state index < -0.39 is 17.2 Å². The third kappa shape index (κ3) is 1.46. The highest BCUT2D eigenvalue weighted by Gasteiger charge is 2.61. The third-order valence-electron chi connectivity index (χ3n) is 2.48. The molecule has 0 heterocycles. The van der Waals surface area contributed by atoms with E-state index in [0.717, 1.165) is 0 Å². The predicted octanol–water partition coefficient (Wildman–Crippen LogP) is 2.39. The first-order valence-electron chi connectivity index (χ1n) is 3.63. The minimum Gasteiger partial charge on any atom is -0.481 e. The molecule has 12 heavy (non-hydrogen) atoms. The molecule has 0 aromatic rings. The zero-order valence-electron chi connectivity index (χ0n) is 6.84. The highest BCUT2D eigenvalue weighted by Crippen LogP contribution is 2.59. The average molecular weight is 193 g/mol. The van der Waals surface area contributed by atoms with Gasteiger partial charge in [0, 0.05) is 5.92 Å².